The highest BCUT2D eigenvalue weighted by atomic mass is 16.5. The zero-order chi connectivity index (χ0) is 14.7. The van der Waals surface area contributed by atoms with E-state index in [2.05, 4.69) is 22.3 Å². The molecule has 3 aromatic rings. The fourth-order valence-electron chi connectivity index (χ4n) is 2.14. The van der Waals surface area contributed by atoms with Crippen LogP contribution in [0.3, 0.4) is 0 Å². The van der Waals surface area contributed by atoms with Crippen molar-refractivity contribution < 1.29 is 9.26 Å². The molecule has 0 aliphatic rings. The van der Waals surface area contributed by atoms with E-state index in [9.17, 15) is 0 Å². The number of nitrogens with two attached hydrogens (primary N) is 1. The lowest BCUT2D eigenvalue weighted by Crippen LogP contribution is -2.18. The maximum atomic E-state index is 5.95. The second-order valence-corrected chi connectivity index (χ2v) is 4.79. The maximum Gasteiger partial charge on any atom is 0.258 e. The molecule has 0 saturated heterocycles. The monoisotopic (exact) mass is 283 g/mol. The molecule has 5 heteroatoms. The molecule has 1 aromatic heterocycles. The first-order chi connectivity index (χ1) is 10.3. The van der Waals surface area contributed by atoms with Crippen molar-refractivity contribution >= 4 is 10.8 Å². The molecule has 0 radical (unpaired) electrons. The van der Waals surface area contributed by atoms with E-state index in [-0.39, 0.29) is 6.04 Å². The Labute approximate surface area is 122 Å². The number of benzene rings is 2. The van der Waals surface area contributed by atoms with E-state index in [0.717, 1.165) is 10.9 Å². The Kier molecular flexibility index (Phi) is 3.94. The van der Waals surface area contributed by atoms with Crippen molar-refractivity contribution in [2.24, 2.45) is 5.73 Å². The first kappa shape index (κ1) is 13.7. The average Bonchev–Trinajstić information content (AvgIpc) is 3.02. The van der Waals surface area contributed by atoms with Crippen LogP contribution < -0.4 is 5.73 Å². The van der Waals surface area contributed by atoms with Gasteiger partial charge in [0.1, 0.15) is 0 Å². The van der Waals surface area contributed by atoms with Crippen molar-refractivity contribution in [1.82, 2.24) is 10.1 Å². The summed E-state index contributed by atoms with van der Waals surface area (Å²) in [5, 5.41) is 6.24. The van der Waals surface area contributed by atoms with E-state index in [0.29, 0.717) is 24.9 Å². The Balaban J connectivity index is 1.87. The predicted molar refractivity (Wildman–Crippen MR) is 80.7 cm³/mol. The number of hydrogen-bond donors (Lipinski definition) is 1. The van der Waals surface area contributed by atoms with Gasteiger partial charge in [0.25, 0.3) is 5.89 Å². The molecule has 0 saturated carbocycles. The van der Waals surface area contributed by atoms with Crippen LogP contribution in [0.4, 0.5) is 0 Å². The van der Waals surface area contributed by atoms with Gasteiger partial charge in [0, 0.05) is 12.2 Å². The normalized spacial score (nSPS) is 12.7. The van der Waals surface area contributed by atoms with Gasteiger partial charge in [-0.15, -0.1) is 0 Å². The molecule has 0 aliphatic carbocycles. The van der Waals surface area contributed by atoms with Gasteiger partial charge in [0.2, 0.25) is 0 Å². The zero-order valence-corrected chi connectivity index (χ0v) is 11.8. The third kappa shape index (κ3) is 2.94. The van der Waals surface area contributed by atoms with Crippen molar-refractivity contribution in [3.8, 4) is 11.5 Å². The highest BCUT2D eigenvalue weighted by Gasteiger charge is 2.15. The van der Waals surface area contributed by atoms with Gasteiger partial charge in [-0.05, 0) is 29.8 Å². The SMILES string of the molecule is CCOCC(N)c1noc(-c2ccc3ccccc3c2)n1. The van der Waals surface area contributed by atoms with Crippen LogP contribution in [0.25, 0.3) is 22.2 Å². The second kappa shape index (κ2) is 6.03. The molecule has 108 valence electrons. The summed E-state index contributed by atoms with van der Waals surface area (Å²) in [6.07, 6.45) is 0. The molecule has 1 atom stereocenters. The van der Waals surface area contributed by atoms with E-state index >= 15 is 0 Å². The van der Waals surface area contributed by atoms with Crippen LogP contribution in [0.5, 0.6) is 0 Å². The summed E-state index contributed by atoms with van der Waals surface area (Å²) in [6.45, 7) is 2.92. The predicted octanol–water partition coefficient (Wildman–Crippen LogP) is 2.93. The van der Waals surface area contributed by atoms with Crippen molar-refractivity contribution in [3.63, 3.8) is 0 Å². The van der Waals surface area contributed by atoms with E-state index in [4.69, 9.17) is 15.0 Å². The number of hydrogen-bond acceptors (Lipinski definition) is 5. The Morgan fingerprint density at radius 2 is 2.00 bits per heavy atom. The molecule has 0 fully saturated rings. The highest BCUT2D eigenvalue weighted by molar-refractivity contribution is 5.86. The zero-order valence-electron chi connectivity index (χ0n) is 11.8. The van der Waals surface area contributed by atoms with Gasteiger partial charge in [0.15, 0.2) is 5.82 Å². The standard InChI is InChI=1S/C16H17N3O2/c1-2-20-10-14(17)15-18-16(21-19-15)13-8-7-11-5-3-4-6-12(11)9-13/h3-9,14H,2,10,17H2,1H3. The van der Waals surface area contributed by atoms with Crippen molar-refractivity contribution in [1.29, 1.82) is 0 Å². The molecule has 0 aliphatic heterocycles. The summed E-state index contributed by atoms with van der Waals surface area (Å²) in [6, 6.07) is 13.8. The van der Waals surface area contributed by atoms with Gasteiger partial charge >= 0.3 is 0 Å². The number of rotatable bonds is 5. The van der Waals surface area contributed by atoms with Crippen molar-refractivity contribution in [3.05, 3.63) is 48.3 Å². The third-order valence-electron chi connectivity index (χ3n) is 3.27. The smallest absolute Gasteiger partial charge is 0.258 e. The molecule has 0 spiro atoms. The van der Waals surface area contributed by atoms with Crippen LogP contribution in [0, 0.1) is 0 Å². The molecule has 1 heterocycles. The van der Waals surface area contributed by atoms with E-state index in [1.165, 1.54) is 5.39 Å². The molecular weight excluding hydrogens is 266 g/mol. The quantitative estimate of drug-likeness (QED) is 0.779. The highest BCUT2D eigenvalue weighted by Crippen LogP contribution is 2.23. The van der Waals surface area contributed by atoms with Crippen molar-refractivity contribution in [2.45, 2.75) is 13.0 Å². The van der Waals surface area contributed by atoms with Crippen LogP contribution in [0.1, 0.15) is 18.8 Å². The molecule has 2 aromatic carbocycles. The molecule has 0 amide bonds. The van der Waals surface area contributed by atoms with Crippen LogP contribution in [-0.4, -0.2) is 23.4 Å². The van der Waals surface area contributed by atoms with E-state index < -0.39 is 0 Å². The van der Waals surface area contributed by atoms with Crippen LogP contribution in [0.2, 0.25) is 0 Å². The molecule has 3 rings (SSSR count). The first-order valence-electron chi connectivity index (χ1n) is 6.94. The Bertz CT molecular complexity index is 739. The van der Waals surface area contributed by atoms with Gasteiger partial charge in [0.05, 0.1) is 12.6 Å². The summed E-state index contributed by atoms with van der Waals surface area (Å²) in [7, 11) is 0. The van der Waals surface area contributed by atoms with Gasteiger partial charge < -0.3 is 15.0 Å². The minimum atomic E-state index is -0.372. The Morgan fingerprint density at radius 1 is 1.19 bits per heavy atom. The van der Waals surface area contributed by atoms with Crippen LogP contribution >= 0.6 is 0 Å². The van der Waals surface area contributed by atoms with Crippen LogP contribution in [-0.2, 0) is 4.74 Å². The maximum absolute atomic E-state index is 5.95. The fraction of sp³-hybridized carbons (Fsp3) is 0.250. The summed E-state index contributed by atoms with van der Waals surface area (Å²) in [5.74, 6) is 0.939. The molecule has 5 nitrogen and oxygen atoms in total. The minimum absolute atomic E-state index is 0.372. The van der Waals surface area contributed by atoms with E-state index in [1.54, 1.807) is 0 Å². The fourth-order valence-corrected chi connectivity index (χ4v) is 2.14. The summed E-state index contributed by atoms with van der Waals surface area (Å²) in [4.78, 5) is 4.36. The number of ether oxygens (including phenoxy) is 1. The number of aromatic nitrogens is 2. The molecule has 21 heavy (non-hydrogen) atoms. The Morgan fingerprint density at radius 3 is 2.81 bits per heavy atom. The lowest BCUT2D eigenvalue weighted by atomic mass is 10.1. The number of fused-ring (bicyclic) bond motifs is 1. The topological polar surface area (TPSA) is 74.2 Å². The summed E-state index contributed by atoms with van der Waals surface area (Å²) in [5.41, 5.74) is 6.84. The summed E-state index contributed by atoms with van der Waals surface area (Å²) < 4.78 is 10.6. The minimum Gasteiger partial charge on any atom is -0.380 e. The largest absolute Gasteiger partial charge is 0.380 e. The summed E-state index contributed by atoms with van der Waals surface area (Å²) >= 11 is 0. The van der Waals surface area contributed by atoms with E-state index in [1.807, 2.05) is 37.3 Å². The van der Waals surface area contributed by atoms with Crippen molar-refractivity contribution in [2.75, 3.05) is 13.2 Å². The van der Waals surface area contributed by atoms with Gasteiger partial charge in [-0.3, -0.25) is 0 Å². The molecule has 1 unspecified atom stereocenters. The van der Waals surface area contributed by atoms with Gasteiger partial charge in [-0.1, -0.05) is 35.5 Å². The van der Waals surface area contributed by atoms with Gasteiger partial charge in [-0.25, -0.2) is 0 Å². The average molecular weight is 283 g/mol. The van der Waals surface area contributed by atoms with Crippen LogP contribution in [0.15, 0.2) is 47.0 Å². The first-order valence-corrected chi connectivity index (χ1v) is 6.94. The second-order valence-electron chi connectivity index (χ2n) is 4.79. The lowest BCUT2D eigenvalue weighted by Gasteiger charge is -2.05. The number of nitrogens with zero attached hydrogens (tertiary/aromatic N) is 2. The molecule has 2 N–H and O–H groups in total. The lowest BCUT2D eigenvalue weighted by molar-refractivity contribution is 0.130. The molecule has 0 bridgehead atoms. The Hall–Kier alpha value is -2.24. The van der Waals surface area contributed by atoms with Gasteiger partial charge in [-0.2, -0.15) is 4.98 Å². The molecular formula is C16H17N3O2. The third-order valence-corrected chi connectivity index (χ3v) is 3.27.